The van der Waals surface area contributed by atoms with Crippen LogP contribution in [0.3, 0.4) is 0 Å². The van der Waals surface area contributed by atoms with Crippen LogP contribution in [0.25, 0.3) is 0 Å². The van der Waals surface area contributed by atoms with E-state index in [1.807, 2.05) is 18.2 Å². The number of allylic oxidation sites excluding steroid dienone is 1. The van der Waals surface area contributed by atoms with Crippen LogP contribution >= 0.6 is 11.6 Å². The van der Waals surface area contributed by atoms with Gasteiger partial charge in [-0.1, -0.05) is 42.2 Å². The number of benzene rings is 3. The standard InChI is InChI=1S/C48H57ClN6O3/c1-3-4-5-38-8-15-42(30-43(38)49)55-33-48(31-34(55)2)22-28-53(29-23-48)41-13-9-39(10-14-41)47(58)54-26-18-35(19-27-54)32-52-24-20-37(21-25-52)36-6-11-40(12-7-36)50-44-16-17-45(56)51-46(44)57/h3,6-15,30,34-35,37,44,50H,1,16-29,31-33H2,2H3,(H,51,56,57). The van der Waals surface area contributed by atoms with Crippen molar-refractivity contribution in [3.63, 3.8) is 0 Å². The molecule has 9 nitrogen and oxygen atoms in total. The molecule has 5 heterocycles. The Morgan fingerprint density at radius 1 is 0.914 bits per heavy atom. The molecule has 0 aliphatic carbocycles. The quantitative estimate of drug-likeness (QED) is 0.178. The molecule has 0 bridgehead atoms. The molecule has 5 saturated heterocycles. The van der Waals surface area contributed by atoms with Crippen LogP contribution in [0.1, 0.15) is 92.1 Å². The Kier molecular flexibility index (Phi) is 12.1. The first-order valence-corrected chi connectivity index (χ1v) is 21.8. The van der Waals surface area contributed by atoms with Gasteiger partial charge in [0.1, 0.15) is 6.04 Å². The van der Waals surface area contributed by atoms with Crippen LogP contribution in [-0.2, 0) is 9.59 Å². The van der Waals surface area contributed by atoms with E-state index in [1.165, 1.54) is 23.4 Å². The summed E-state index contributed by atoms with van der Waals surface area (Å²) in [4.78, 5) is 46.9. The van der Waals surface area contributed by atoms with Gasteiger partial charge in [-0.25, -0.2) is 0 Å². The average Bonchev–Trinajstić information content (AvgIpc) is 3.57. The minimum absolute atomic E-state index is 0.155. The molecule has 2 N–H and O–H groups in total. The largest absolute Gasteiger partial charge is 0.374 e. The Hall–Kier alpha value is -4.78. The van der Waals surface area contributed by atoms with E-state index in [-0.39, 0.29) is 23.8 Å². The Bertz CT molecular complexity index is 2030. The number of carbonyl (C=O) groups excluding carboxylic acids is 3. The van der Waals surface area contributed by atoms with Gasteiger partial charge in [0, 0.05) is 79.9 Å². The predicted octanol–water partition coefficient (Wildman–Crippen LogP) is 7.71. The minimum atomic E-state index is -0.363. The molecule has 2 unspecified atom stereocenters. The number of hydrogen-bond acceptors (Lipinski definition) is 7. The number of piperidine rings is 4. The number of amides is 3. The number of likely N-dealkylation sites (tertiary alicyclic amines) is 2. The van der Waals surface area contributed by atoms with Gasteiger partial charge in [0.05, 0.1) is 5.02 Å². The Labute approximate surface area is 349 Å². The first-order valence-electron chi connectivity index (χ1n) is 21.4. The van der Waals surface area contributed by atoms with Crippen LogP contribution < -0.4 is 20.4 Å². The minimum Gasteiger partial charge on any atom is -0.374 e. The normalized spacial score (nSPS) is 23.0. The van der Waals surface area contributed by atoms with Crippen molar-refractivity contribution in [2.45, 2.75) is 82.7 Å². The van der Waals surface area contributed by atoms with E-state index in [0.29, 0.717) is 41.2 Å². The summed E-state index contributed by atoms with van der Waals surface area (Å²) in [5, 5.41) is 6.38. The molecule has 3 aromatic carbocycles. The van der Waals surface area contributed by atoms with Gasteiger partial charge >= 0.3 is 0 Å². The molecule has 5 aliphatic rings. The monoisotopic (exact) mass is 800 g/mol. The fraction of sp³-hybridized carbons (Fsp3) is 0.479. The lowest BCUT2D eigenvalue weighted by atomic mass is 9.76. The van der Waals surface area contributed by atoms with Crippen molar-refractivity contribution >= 4 is 46.4 Å². The lowest BCUT2D eigenvalue weighted by Crippen LogP contribution is -2.47. The summed E-state index contributed by atoms with van der Waals surface area (Å²) in [6.07, 6.45) is 10.4. The summed E-state index contributed by atoms with van der Waals surface area (Å²) in [5.74, 6) is 6.84. The fourth-order valence-corrected chi connectivity index (χ4v) is 10.4. The number of anilines is 3. The van der Waals surface area contributed by atoms with E-state index in [4.69, 9.17) is 11.6 Å². The maximum absolute atomic E-state index is 13.6. The second-order valence-electron chi connectivity index (χ2n) is 17.4. The molecule has 8 rings (SSSR count). The summed E-state index contributed by atoms with van der Waals surface area (Å²) >= 11 is 6.60. The molecule has 5 aliphatic heterocycles. The number of halogens is 1. The third kappa shape index (κ3) is 9.09. The van der Waals surface area contributed by atoms with E-state index in [9.17, 15) is 14.4 Å². The van der Waals surface area contributed by atoms with Crippen LogP contribution in [0.5, 0.6) is 0 Å². The van der Waals surface area contributed by atoms with Crippen LogP contribution in [0.15, 0.2) is 79.4 Å². The number of imide groups is 1. The average molecular weight is 801 g/mol. The molecule has 1 spiro atoms. The van der Waals surface area contributed by atoms with Crippen molar-refractivity contribution in [2.75, 3.05) is 67.5 Å². The fourth-order valence-electron chi connectivity index (χ4n) is 10.2. The van der Waals surface area contributed by atoms with Crippen LogP contribution in [0, 0.1) is 23.2 Å². The smallest absolute Gasteiger partial charge is 0.253 e. The second-order valence-corrected chi connectivity index (χ2v) is 17.8. The highest BCUT2D eigenvalue weighted by Gasteiger charge is 2.44. The maximum Gasteiger partial charge on any atom is 0.253 e. The van der Waals surface area contributed by atoms with Gasteiger partial charge < -0.3 is 24.9 Å². The third-order valence-electron chi connectivity index (χ3n) is 13.6. The van der Waals surface area contributed by atoms with E-state index >= 15 is 0 Å². The highest BCUT2D eigenvalue weighted by molar-refractivity contribution is 6.32. The lowest BCUT2D eigenvalue weighted by molar-refractivity contribution is -0.133. The Morgan fingerprint density at radius 2 is 1.62 bits per heavy atom. The first-order chi connectivity index (χ1) is 28.1. The molecule has 3 aromatic rings. The third-order valence-corrected chi connectivity index (χ3v) is 13.9. The van der Waals surface area contributed by atoms with Crippen molar-refractivity contribution in [1.29, 1.82) is 0 Å². The predicted molar refractivity (Wildman–Crippen MR) is 234 cm³/mol. The van der Waals surface area contributed by atoms with Crippen LogP contribution in [0.4, 0.5) is 17.1 Å². The molecule has 304 valence electrons. The zero-order valence-electron chi connectivity index (χ0n) is 33.9. The summed E-state index contributed by atoms with van der Waals surface area (Å²) in [5.41, 5.74) is 6.57. The molecular weight excluding hydrogens is 744 g/mol. The molecule has 2 atom stereocenters. The lowest BCUT2D eigenvalue weighted by Gasteiger charge is -2.40. The first kappa shape index (κ1) is 40.0. The zero-order valence-corrected chi connectivity index (χ0v) is 34.6. The number of nitrogens with one attached hydrogen (secondary N) is 2. The van der Waals surface area contributed by atoms with Crippen molar-refractivity contribution < 1.29 is 14.4 Å². The van der Waals surface area contributed by atoms with Crippen molar-refractivity contribution in [1.82, 2.24) is 15.1 Å². The number of nitrogens with zero attached hydrogens (tertiary/aromatic N) is 4. The van der Waals surface area contributed by atoms with Gasteiger partial charge in [0.15, 0.2) is 0 Å². The van der Waals surface area contributed by atoms with Crippen molar-refractivity contribution in [3.8, 4) is 11.8 Å². The Balaban J connectivity index is 0.753. The van der Waals surface area contributed by atoms with Crippen molar-refractivity contribution in [3.05, 3.63) is 101 Å². The van der Waals surface area contributed by atoms with E-state index in [2.05, 4.69) is 104 Å². The molecular formula is C48H57ClN6O3. The van der Waals surface area contributed by atoms with E-state index in [0.717, 1.165) is 108 Å². The molecule has 0 saturated carbocycles. The SMILES string of the molecule is C=CC#Cc1ccc(N2CC3(CCN(c4ccc(C(=O)N5CCC(CN6CCC(c7ccc(NC8CCC(=O)NC8=O)cc7)CC6)CC5)cc4)CC3)CC2C)cc1Cl. The second kappa shape index (κ2) is 17.6. The molecule has 10 heteroatoms. The zero-order chi connectivity index (χ0) is 40.2. The van der Waals surface area contributed by atoms with Gasteiger partial charge in [-0.3, -0.25) is 19.7 Å². The van der Waals surface area contributed by atoms with Crippen LogP contribution in [0.2, 0.25) is 5.02 Å². The summed E-state index contributed by atoms with van der Waals surface area (Å²) in [6.45, 7) is 14.1. The molecule has 0 aromatic heterocycles. The number of hydrogen-bond donors (Lipinski definition) is 2. The van der Waals surface area contributed by atoms with Crippen molar-refractivity contribution in [2.24, 2.45) is 11.3 Å². The number of carbonyl (C=O) groups is 3. The highest BCUT2D eigenvalue weighted by Crippen LogP contribution is 2.46. The van der Waals surface area contributed by atoms with E-state index < -0.39 is 0 Å². The van der Waals surface area contributed by atoms with Gasteiger partial charge in [-0.05, 0) is 155 Å². The van der Waals surface area contributed by atoms with E-state index in [1.54, 1.807) is 6.08 Å². The molecule has 58 heavy (non-hydrogen) atoms. The van der Waals surface area contributed by atoms with Crippen LogP contribution in [-0.4, -0.2) is 92.0 Å². The van der Waals surface area contributed by atoms with Gasteiger partial charge in [0.2, 0.25) is 11.8 Å². The number of rotatable bonds is 8. The topological polar surface area (TPSA) is 88.2 Å². The summed E-state index contributed by atoms with van der Waals surface area (Å²) < 4.78 is 0. The van der Waals surface area contributed by atoms with Gasteiger partial charge in [-0.2, -0.15) is 0 Å². The summed E-state index contributed by atoms with van der Waals surface area (Å²) in [7, 11) is 0. The van der Waals surface area contributed by atoms with Gasteiger partial charge in [-0.15, -0.1) is 0 Å². The maximum atomic E-state index is 13.6. The highest BCUT2D eigenvalue weighted by atomic mass is 35.5. The van der Waals surface area contributed by atoms with Gasteiger partial charge in [0.25, 0.3) is 5.91 Å². The Morgan fingerprint density at radius 3 is 2.29 bits per heavy atom. The summed E-state index contributed by atoms with van der Waals surface area (Å²) in [6, 6.07) is 23.2. The molecule has 0 radical (unpaired) electrons. The molecule has 3 amide bonds. The molecule has 5 fully saturated rings.